The molecule has 8 rings (SSSR count). The van der Waals surface area contributed by atoms with Crippen molar-refractivity contribution < 1.29 is 64.5 Å². The van der Waals surface area contributed by atoms with Crippen molar-refractivity contribution in [3.8, 4) is 0 Å². The van der Waals surface area contributed by atoms with Crippen molar-refractivity contribution in [3.05, 3.63) is 108 Å². The van der Waals surface area contributed by atoms with E-state index < -0.39 is 89.5 Å². The second-order valence-electron chi connectivity index (χ2n) is 25.0. The van der Waals surface area contributed by atoms with Crippen LogP contribution in [-0.2, 0) is 58.5 Å². The van der Waals surface area contributed by atoms with Gasteiger partial charge in [-0.3, -0.25) is 4.79 Å². The van der Waals surface area contributed by atoms with Crippen LogP contribution in [0.1, 0.15) is 138 Å². The van der Waals surface area contributed by atoms with Crippen molar-refractivity contribution in [1.29, 1.82) is 0 Å². The largest absolute Gasteiger partial charge is 0.459 e. The molecule has 436 valence electrons. The standard InChI is InChI=1S/C24H37N3O6S.C18H24N2O6S.C15H21NO2/c1-17-19(18-11-9-8-10-12-18)24(17,20(28)32-22(2,3)4)25-34(30,31)27-15-13-26(14-16-27)21(29)33-23(5,6)7;1-12-14(13-8-6-5-7-9-13)18(12,15(21)26-17(2,3)4)19-27(23,24)20-10-11-25-16(20)22;1-10-12(11-8-6-5-7-9-11)15(10,16)13(17)18-14(2,3)4/h8-12,17,19,25H,13-16H2,1-7H3;5-9,12,14,19H,10-11H2,1-4H3;5-10,12H,16H2,1-4H3/t17?,19-,24+;12?,14-,18+;10?,12-,15+/m111/s1. The highest BCUT2D eigenvalue weighted by molar-refractivity contribution is 7.87. The Morgan fingerprint density at radius 2 is 0.873 bits per heavy atom. The van der Waals surface area contributed by atoms with E-state index in [0.29, 0.717) is 4.31 Å². The fourth-order valence-electron chi connectivity index (χ4n) is 10.4. The van der Waals surface area contributed by atoms with Crippen molar-refractivity contribution in [1.82, 2.24) is 23.0 Å². The Morgan fingerprint density at radius 3 is 1.23 bits per heavy atom. The number of hydrogen-bond donors (Lipinski definition) is 3. The lowest BCUT2D eigenvalue weighted by Gasteiger charge is -2.36. The maximum absolute atomic E-state index is 13.4. The molecule has 0 spiro atoms. The minimum atomic E-state index is -4.27. The fourth-order valence-corrected chi connectivity index (χ4v) is 13.5. The molecule has 3 saturated carbocycles. The Balaban J connectivity index is 0.000000200. The summed E-state index contributed by atoms with van der Waals surface area (Å²) in [6.07, 6.45) is -1.42. The highest BCUT2D eigenvalue weighted by atomic mass is 32.2. The lowest BCUT2D eigenvalue weighted by Crippen LogP contribution is -2.58. The highest BCUT2D eigenvalue weighted by Gasteiger charge is 2.73. The maximum atomic E-state index is 13.4. The number of nitrogens with two attached hydrogens (primary N) is 1. The van der Waals surface area contributed by atoms with Gasteiger partial charge < -0.3 is 34.3 Å². The first-order chi connectivity index (χ1) is 36.3. The average molecular weight is 1140 g/mol. The van der Waals surface area contributed by atoms with Crippen LogP contribution in [0.25, 0.3) is 0 Å². The number of piperazine rings is 1. The second-order valence-corrected chi connectivity index (χ2v) is 28.2. The van der Waals surface area contributed by atoms with E-state index in [1.54, 1.807) is 69.2 Å². The quantitative estimate of drug-likeness (QED) is 0.120. The van der Waals surface area contributed by atoms with Gasteiger partial charge in [0.05, 0.1) is 6.54 Å². The number of carbonyl (C=O) groups is 5. The van der Waals surface area contributed by atoms with Crippen LogP contribution in [0.15, 0.2) is 91.0 Å². The average Bonchev–Trinajstić information content (AvgIpc) is 3.41. The van der Waals surface area contributed by atoms with Crippen LogP contribution < -0.4 is 15.2 Å². The fraction of sp³-hybridized carbons (Fsp3) is 0.596. The molecule has 2 saturated heterocycles. The molecular formula is C57H82N6O14S2. The van der Waals surface area contributed by atoms with E-state index >= 15 is 0 Å². The van der Waals surface area contributed by atoms with Crippen LogP contribution in [0.4, 0.5) is 9.59 Å². The van der Waals surface area contributed by atoms with Gasteiger partial charge in [0, 0.05) is 43.9 Å². The summed E-state index contributed by atoms with van der Waals surface area (Å²) in [5, 5.41) is 0. The summed E-state index contributed by atoms with van der Waals surface area (Å²) in [7, 11) is -8.30. The molecule has 2 aliphatic heterocycles. The Labute approximate surface area is 467 Å². The number of ether oxygens (including phenoxy) is 5. The summed E-state index contributed by atoms with van der Waals surface area (Å²) in [5.41, 5.74) is 2.64. The van der Waals surface area contributed by atoms with Gasteiger partial charge >= 0.3 is 40.3 Å². The third-order valence-corrected chi connectivity index (χ3v) is 17.5. The zero-order chi connectivity index (χ0) is 59.1. The van der Waals surface area contributed by atoms with Gasteiger partial charge in [0.1, 0.15) is 45.6 Å². The van der Waals surface area contributed by atoms with Gasteiger partial charge in [-0.15, -0.1) is 0 Å². The summed E-state index contributed by atoms with van der Waals surface area (Å²) < 4.78 is 86.2. The van der Waals surface area contributed by atoms with Gasteiger partial charge in [0.25, 0.3) is 10.2 Å². The van der Waals surface area contributed by atoms with E-state index in [1.807, 2.05) is 126 Å². The van der Waals surface area contributed by atoms with Crippen molar-refractivity contribution in [2.24, 2.45) is 23.5 Å². The Bertz CT molecular complexity index is 2920. The zero-order valence-corrected chi connectivity index (χ0v) is 50.0. The molecule has 3 unspecified atom stereocenters. The highest BCUT2D eigenvalue weighted by Crippen LogP contribution is 2.60. The minimum absolute atomic E-state index is 0.0170. The number of esters is 3. The lowest BCUT2D eigenvalue weighted by molar-refractivity contribution is -0.159. The van der Waals surface area contributed by atoms with Gasteiger partial charge in [-0.2, -0.15) is 34.9 Å². The Kier molecular flexibility index (Phi) is 18.0. The second kappa shape index (κ2) is 22.7. The first-order valence-corrected chi connectivity index (χ1v) is 29.6. The topological polar surface area (TPSA) is 260 Å². The van der Waals surface area contributed by atoms with Crippen LogP contribution in [0, 0.1) is 17.8 Å². The van der Waals surface area contributed by atoms with Crippen molar-refractivity contribution >= 4 is 50.5 Å². The van der Waals surface area contributed by atoms with Crippen LogP contribution in [-0.4, -0.2) is 139 Å². The number of carbonyl (C=O) groups excluding carboxylic acids is 5. The predicted molar refractivity (Wildman–Crippen MR) is 297 cm³/mol. The maximum Gasteiger partial charge on any atom is 0.424 e. The van der Waals surface area contributed by atoms with Crippen LogP contribution in [0.3, 0.4) is 0 Å². The predicted octanol–water partition coefficient (Wildman–Crippen LogP) is 7.13. The summed E-state index contributed by atoms with van der Waals surface area (Å²) in [4.78, 5) is 64.1. The summed E-state index contributed by atoms with van der Waals surface area (Å²) in [6, 6.07) is 28.5. The van der Waals surface area contributed by atoms with Crippen molar-refractivity contribution in [2.75, 3.05) is 39.3 Å². The number of hydrogen-bond acceptors (Lipinski definition) is 15. The number of nitrogens with one attached hydrogen (secondary N) is 2. The van der Waals surface area contributed by atoms with Gasteiger partial charge in [0.2, 0.25) is 0 Å². The molecule has 0 radical (unpaired) electrons. The van der Waals surface area contributed by atoms with E-state index in [0.717, 1.165) is 16.7 Å². The smallest absolute Gasteiger partial charge is 0.424 e. The number of benzene rings is 3. The molecule has 0 aromatic heterocycles. The molecule has 22 heteroatoms. The van der Waals surface area contributed by atoms with Crippen molar-refractivity contribution in [3.63, 3.8) is 0 Å². The first-order valence-electron chi connectivity index (χ1n) is 26.7. The molecule has 3 aliphatic carbocycles. The molecule has 2 heterocycles. The molecule has 0 bridgehead atoms. The van der Waals surface area contributed by atoms with E-state index in [2.05, 4.69) is 9.44 Å². The third-order valence-electron chi connectivity index (χ3n) is 14.4. The monoisotopic (exact) mass is 1140 g/mol. The van der Waals surface area contributed by atoms with Crippen LogP contribution >= 0.6 is 0 Å². The number of cyclic esters (lactones) is 1. The summed E-state index contributed by atoms with van der Waals surface area (Å²) in [6.45, 7) is 27.5. The molecule has 4 N–H and O–H groups in total. The Hall–Kier alpha value is -5.65. The molecular weight excluding hydrogens is 1060 g/mol. The summed E-state index contributed by atoms with van der Waals surface area (Å²) >= 11 is 0. The van der Waals surface area contributed by atoms with Gasteiger partial charge in [0.15, 0.2) is 0 Å². The summed E-state index contributed by atoms with van der Waals surface area (Å²) in [5.74, 6) is -2.74. The van der Waals surface area contributed by atoms with Gasteiger partial charge in [-0.1, -0.05) is 112 Å². The Morgan fingerprint density at radius 1 is 0.519 bits per heavy atom. The molecule has 3 aromatic carbocycles. The van der Waals surface area contributed by atoms with Crippen LogP contribution in [0.5, 0.6) is 0 Å². The third kappa shape index (κ3) is 14.3. The van der Waals surface area contributed by atoms with E-state index in [4.69, 9.17) is 29.4 Å². The lowest BCUT2D eigenvalue weighted by atomic mass is 10.1. The molecule has 5 aliphatic rings. The number of nitrogens with zero attached hydrogens (tertiary/aromatic N) is 3. The first kappa shape index (κ1) is 62.5. The molecule has 9 atom stereocenters. The van der Waals surface area contributed by atoms with Crippen LogP contribution in [0.2, 0.25) is 0 Å². The normalized spacial score (nSPS) is 27.9. The molecule has 20 nitrogen and oxygen atoms in total. The van der Waals surface area contributed by atoms with Crippen molar-refractivity contribution in [2.45, 2.75) is 161 Å². The molecule has 2 amide bonds. The molecule has 3 aromatic rings. The van der Waals surface area contributed by atoms with E-state index in [-0.39, 0.29) is 74.9 Å². The molecule has 5 fully saturated rings. The SMILES string of the molecule is CC1[C@H](c2ccccc2)[C@]1(N)C(=O)OC(C)(C)C.CC1[C@H](c2ccccc2)[C@]1(NS(=O)(=O)N1CCN(C(=O)OC(C)(C)C)CC1)C(=O)OC(C)(C)C.CC1[C@H](c2ccccc2)[C@]1(NS(=O)(=O)N1CCOC1=O)C(=O)OC(C)(C)C. The number of rotatable bonds is 12. The van der Waals surface area contributed by atoms with E-state index in [9.17, 15) is 40.8 Å². The number of amides is 2. The molecule has 79 heavy (non-hydrogen) atoms. The van der Waals surface area contributed by atoms with Gasteiger partial charge in [-0.05, 0) is 118 Å². The zero-order valence-electron chi connectivity index (χ0n) is 48.3. The minimum Gasteiger partial charge on any atom is -0.459 e. The van der Waals surface area contributed by atoms with E-state index in [1.165, 1.54) is 9.21 Å². The van der Waals surface area contributed by atoms with Gasteiger partial charge in [-0.25, -0.2) is 19.2 Å².